The van der Waals surface area contributed by atoms with Gasteiger partial charge < -0.3 is 42.9 Å². The summed E-state index contributed by atoms with van der Waals surface area (Å²) in [6.07, 6.45) is 35.2. The van der Waals surface area contributed by atoms with Gasteiger partial charge in [0.2, 0.25) is 0 Å². The van der Waals surface area contributed by atoms with Crippen molar-refractivity contribution in [2.24, 2.45) is 0 Å². The summed E-state index contributed by atoms with van der Waals surface area (Å²) in [6.45, 7) is 12.5. The Kier molecular flexibility index (Phi) is 61.5. The summed E-state index contributed by atoms with van der Waals surface area (Å²) >= 11 is 0. The van der Waals surface area contributed by atoms with Crippen molar-refractivity contribution in [3.8, 4) is 0 Å². The van der Waals surface area contributed by atoms with Gasteiger partial charge in [0, 0.05) is 0 Å². The fraction of sp³-hybridized carbons (Fsp3) is 1.00. The van der Waals surface area contributed by atoms with Gasteiger partial charge in [-0.3, -0.25) is 27.3 Å². The molecular weight excluding hydrogens is 1150 g/mol. The largest absolute Gasteiger partial charge is 3.00 e. The van der Waals surface area contributed by atoms with E-state index < -0.39 is 46.9 Å². The maximum atomic E-state index is 11.7. The standard InChI is InChI=1S/3C16H36O7P2.Ti/c3*1-3-5-7-9-11-13-15-21-24(17,18)23-25(19,20)22-16-14-12-10-8-6-4-2;/h3*3-16H2,1-2H3,(H,17,18)(H,19,20);/q;;;+3/p-3. The van der Waals surface area contributed by atoms with Crippen LogP contribution in [0.3, 0.4) is 0 Å². The molecule has 0 saturated heterocycles. The molecule has 0 rings (SSSR count). The van der Waals surface area contributed by atoms with E-state index in [0.717, 1.165) is 180 Å². The Morgan fingerprint density at radius 3 is 0.618 bits per heavy atom. The average Bonchev–Trinajstić information content (AvgIpc) is 3.31. The molecule has 0 heterocycles. The second-order valence-corrected chi connectivity index (χ2v) is 27.6. The van der Waals surface area contributed by atoms with Crippen molar-refractivity contribution in [3.05, 3.63) is 0 Å². The SMILES string of the molecule is CCCCCCCCOP(=O)(O)OP(=O)(O)OCCCCCCCC.CCCCCCCCOP(=O)([O-])OP(=O)(O)OCCCCCCCC.CCCCCCCCOP(=O)([O-])OP(=O)([O-])OCCCCCCCC.[Ti+3]. The van der Waals surface area contributed by atoms with Crippen LogP contribution in [0.5, 0.6) is 0 Å². The molecule has 6 atom stereocenters. The van der Waals surface area contributed by atoms with Gasteiger partial charge in [0.1, 0.15) is 0 Å². The molecule has 6 unspecified atom stereocenters. The molecule has 1 radical (unpaired) electrons. The van der Waals surface area contributed by atoms with Crippen molar-refractivity contribution in [1.82, 2.24) is 0 Å². The summed E-state index contributed by atoms with van der Waals surface area (Å²) < 4.78 is 110. The molecule has 0 spiro atoms. The van der Waals surface area contributed by atoms with Crippen molar-refractivity contribution in [1.29, 1.82) is 0 Å². The molecule has 0 bridgehead atoms. The van der Waals surface area contributed by atoms with Crippen LogP contribution in [0.1, 0.15) is 273 Å². The summed E-state index contributed by atoms with van der Waals surface area (Å²) in [7, 11) is -28.4. The van der Waals surface area contributed by atoms with Gasteiger partial charge in [0.05, 0.1) is 39.6 Å². The predicted molar refractivity (Wildman–Crippen MR) is 292 cm³/mol. The predicted octanol–water partition coefficient (Wildman–Crippen LogP) is 16.0. The molecule has 3 N–H and O–H groups in total. The van der Waals surface area contributed by atoms with Gasteiger partial charge in [-0.25, -0.2) is 22.3 Å². The molecule has 0 aliphatic heterocycles. The normalized spacial score (nSPS) is 16.3. The quantitative estimate of drug-likeness (QED) is 0.0289. The smallest absolute Gasteiger partial charge is 0.756 e. The van der Waals surface area contributed by atoms with E-state index in [0.29, 0.717) is 38.5 Å². The van der Waals surface area contributed by atoms with Crippen molar-refractivity contribution >= 4 is 46.9 Å². The molecule has 0 fully saturated rings. The zero-order valence-corrected chi connectivity index (χ0v) is 54.5. The Morgan fingerprint density at radius 1 is 0.250 bits per heavy atom. The topological polar surface area (TPSA) is 315 Å². The summed E-state index contributed by atoms with van der Waals surface area (Å²) in [5.41, 5.74) is 0. The molecule has 0 saturated carbocycles. The second-order valence-electron chi connectivity index (χ2n) is 18.6. The van der Waals surface area contributed by atoms with Crippen LogP contribution in [0.4, 0.5) is 0 Å². The zero-order valence-electron chi connectivity index (χ0n) is 47.6. The summed E-state index contributed by atoms with van der Waals surface area (Å²) in [4.78, 5) is 63.0. The van der Waals surface area contributed by atoms with E-state index in [-0.39, 0.29) is 61.4 Å². The van der Waals surface area contributed by atoms with Crippen LogP contribution in [0.2, 0.25) is 0 Å². The van der Waals surface area contributed by atoms with E-state index in [2.05, 4.69) is 72.6 Å². The summed E-state index contributed by atoms with van der Waals surface area (Å²) in [5.74, 6) is 0. The van der Waals surface area contributed by atoms with Crippen molar-refractivity contribution in [2.45, 2.75) is 273 Å². The van der Waals surface area contributed by atoms with Crippen LogP contribution < -0.4 is 14.7 Å². The molecule has 0 aromatic heterocycles. The van der Waals surface area contributed by atoms with Crippen LogP contribution in [0, 0.1) is 0 Å². The summed E-state index contributed by atoms with van der Waals surface area (Å²) in [5, 5.41) is 0. The van der Waals surface area contributed by atoms with Crippen LogP contribution >= 0.6 is 46.9 Å². The molecule has 0 aliphatic rings. The molecule has 0 aromatic carbocycles. The van der Waals surface area contributed by atoms with Crippen LogP contribution in [-0.4, -0.2) is 54.3 Å². The molecule has 21 nitrogen and oxygen atoms in total. The maximum Gasteiger partial charge on any atom is 3.00 e. The van der Waals surface area contributed by atoms with Gasteiger partial charge in [0.15, 0.2) is 0 Å². The van der Waals surface area contributed by atoms with Crippen molar-refractivity contribution < 1.29 is 119 Å². The van der Waals surface area contributed by atoms with Crippen LogP contribution in [0.15, 0.2) is 0 Å². The van der Waals surface area contributed by atoms with E-state index in [4.69, 9.17) is 9.05 Å². The molecule has 28 heteroatoms. The van der Waals surface area contributed by atoms with E-state index in [9.17, 15) is 56.8 Å². The Labute approximate surface area is 475 Å². The molecular formula is C48H105O21P6Ti. The fourth-order valence-corrected chi connectivity index (χ4v) is 13.2. The van der Waals surface area contributed by atoms with Gasteiger partial charge in [-0.2, -0.15) is 4.31 Å². The third-order valence-electron chi connectivity index (χ3n) is 11.1. The minimum Gasteiger partial charge on any atom is -0.756 e. The maximum absolute atomic E-state index is 11.7. The number of phosphoric acid groups is 6. The minimum atomic E-state index is -4.90. The minimum absolute atomic E-state index is 0. The van der Waals surface area contributed by atoms with Gasteiger partial charge in [-0.1, -0.05) is 234 Å². The number of hydrogen-bond donors (Lipinski definition) is 3. The fourth-order valence-electron chi connectivity index (χ4n) is 6.88. The van der Waals surface area contributed by atoms with Crippen molar-refractivity contribution in [3.63, 3.8) is 0 Å². The van der Waals surface area contributed by atoms with Crippen LogP contribution in [-0.2, 0) is 89.2 Å². The molecule has 0 amide bonds. The molecule has 0 aromatic rings. The third-order valence-corrected chi connectivity index (χ3v) is 19.0. The third kappa shape index (κ3) is 66.3. The van der Waals surface area contributed by atoms with Gasteiger partial charge in [-0.05, 0) is 38.5 Å². The number of hydrogen-bond acceptors (Lipinski definition) is 18. The Hall–Kier alpha value is 1.49. The molecule has 76 heavy (non-hydrogen) atoms. The number of rotatable bonds is 54. The monoisotopic (exact) mass is 1250 g/mol. The zero-order chi connectivity index (χ0) is 57.1. The number of unbranched alkanes of at least 4 members (excludes halogenated alkanes) is 30. The first kappa shape index (κ1) is 83.9. The molecule has 0 aliphatic carbocycles. The second kappa shape index (κ2) is 55.7. The van der Waals surface area contributed by atoms with Gasteiger partial charge >= 0.3 is 45.2 Å². The summed E-state index contributed by atoms with van der Waals surface area (Å²) in [6, 6.07) is 0. The first-order valence-electron chi connectivity index (χ1n) is 28.4. The van der Waals surface area contributed by atoms with E-state index in [1.165, 1.54) is 12.8 Å². The van der Waals surface area contributed by atoms with E-state index in [1.54, 1.807) is 0 Å². The van der Waals surface area contributed by atoms with Gasteiger partial charge in [-0.15, -0.1) is 0 Å². The Morgan fingerprint density at radius 2 is 0.408 bits per heavy atom. The van der Waals surface area contributed by atoms with Crippen molar-refractivity contribution in [2.75, 3.05) is 39.6 Å². The molecule has 457 valence electrons. The number of phosphoric ester groups is 6. The Bertz CT molecular complexity index is 1290. The van der Waals surface area contributed by atoms with Gasteiger partial charge in [0.25, 0.3) is 23.5 Å². The van der Waals surface area contributed by atoms with E-state index in [1.807, 2.05) is 0 Å². The first-order valence-corrected chi connectivity index (χ1v) is 37.3. The van der Waals surface area contributed by atoms with E-state index >= 15 is 0 Å². The first-order chi connectivity index (χ1) is 35.5. The average molecular weight is 1250 g/mol. The van der Waals surface area contributed by atoms with Crippen LogP contribution in [0.25, 0.3) is 0 Å². The Balaban J connectivity index is -0.000000508.